The first-order valence-corrected chi connectivity index (χ1v) is 10.5. The van der Waals surface area contributed by atoms with E-state index in [0.29, 0.717) is 22.8 Å². The maximum absolute atomic E-state index is 12.7. The highest BCUT2D eigenvalue weighted by Crippen LogP contribution is 2.33. The smallest absolute Gasteiger partial charge is 0.323 e. The van der Waals surface area contributed by atoms with Crippen molar-refractivity contribution in [2.75, 3.05) is 5.32 Å². The number of H-pyrrole nitrogens is 2. The summed E-state index contributed by atoms with van der Waals surface area (Å²) in [7, 11) is 0. The Morgan fingerprint density at radius 3 is 2.75 bits per heavy atom. The zero-order valence-electron chi connectivity index (χ0n) is 16.0. The first-order chi connectivity index (χ1) is 13.5. The Balaban J connectivity index is 1.46. The molecule has 8 nitrogen and oxygen atoms in total. The molecule has 1 atom stereocenters. The first kappa shape index (κ1) is 18.8. The topological polar surface area (TPSA) is 108 Å². The van der Waals surface area contributed by atoms with E-state index in [-0.39, 0.29) is 16.8 Å². The van der Waals surface area contributed by atoms with E-state index in [2.05, 4.69) is 30.0 Å². The van der Waals surface area contributed by atoms with Gasteiger partial charge in [0.25, 0.3) is 0 Å². The Bertz CT molecular complexity index is 1050. The fourth-order valence-electron chi connectivity index (χ4n) is 3.76. The summed E-state index contributed by atoms with van der Waals surface area (Å²) < 4.78 is 2.20. The second-order valence-electron chi connectivity index (χ2n) is 7.28. The van der Waals surface area contributed by atoms with E-state index in [1.807, 2.05) is 13.8 Å². The van der Waals surface area contributed by atoms with Gasteiger partial charge in [-0.1, -0.05) is 31.0 Å². The lowest BCUT2D eigenvalue weighted by Crippen LogP contribution is -2.23. The molecule has 0 bridgehead atoms. The number of benzene rings is 1. The summed E-state index contributed by atoms with van der Waals surface area (Å²) in [4.78, 5) is 29.5. The molecule has 4 rings (SSSR count). The van der Waals surface area contributed by atoms with Gasteiger partial charge < -0.3 is 19.9 Å². The van der Waals surface area contributed by atoms with Gasteiger partial charge in [0.1, 0.15) is 5.82 Å². The number of nitrogens with zero attached hydrogens (tertiary/aromatic N) is 3. The molecule has 2 heterocycles. The van der Waals surface area contributed by atoms with Crippen LogP contribution in [0.3, 0.4) is 0 Å². The summed E-state index contributed by atoms with van der Waals surface area (Å²) in [5.74, 6) is 0.793. The number of carbonyl (C=O) groups excluding carboxylic acids is 1. The third kappa shape index (κ3) is 3.84. The van der Waals surface area contributed by atoms with E-state index in [0.717, 1.165) is 23.8 Å². The van der Waals surface area contributed by atoms with Gasteiger partial charge in [-0.05, 0) is 44.9 Å². The molecule has 3 N–H and O–H groups in total. The molecule has 0 radical (unpaired) electrons. The van der Waals surface area contributed by atoms with Crippen LogP contribution >= 0.6 is 11.8 Å². The number of nitrogens with one attached hydrogen (secondary N) is 3. The molecular weight excluding hydrogens is 376 g/mol. The van der Waals surface area contributed by atoms with Crippen molar-refractivity contribution in [3.63, 3.8) is 0 Å². The zero-order chi connectivity index (χ0) is 19.7. The van der Waals surface area contributed by atoms with Gasteiger partial charge in [-0.15, -0.1) is 10.2 Å². The number of rotatable bonds is 5. The number of hydrogen-bond donors (Lipinski definition) is 3. The number of imidazole rings is 1. The summed E-state index contributed by atoms with van der Waals surface area (Å²) in [6, 6.07) is 5.71. The summed E-state index contributed by atoms with van der Waals surface area (Å²) in [6.45, 7) is 3.84. The van der Waals surface area contributed by atoms with Crippen LogP contribution in [0.2, 0.25) is 0 Å². The number of aromatic nitrogens is 5. The number of fused-ring (bicyclic) bond motifs is 1. The fourth-order valence-corrected chi connectivity index (χ4v) is 4.72. The van der Waals surface area contributed by atoms with Crippen molar-refractivity contribution < 1.29 is 4.79 Å². The van der Waals surface area contributed by atoms with Crippen LogP contribution in [0, 0.1) is 6.92 Å². The van der Waals surface area contributed by atoms with E-state index in [1.165, 1.54) is 31.0 Å². The Morgan fingerprint density at radius 2 is 1.96 bits per heavy atom. The predicted molar refractivity (Wildman–Crippen MR) is 110 cm³/mol. The van der Waals surface area contributed by atoms with Crippen molar-refractivity contribution in [2.45, 2.75) is 62.4 Å². The minimum atomic E-state index is -0.327. The van der Waals surface area contributed by atoms with Crippen molar-refractivity contribution in [2.24, 2.45) is 0 Å². The Morgan fingerprint density at radius 1 is 1.21 bits per heavy atom. The van der Waals surface area contributed by atoms with Gasteiger partial charge in [0.05, 0.1) is 16.3 Å². The molecule has 28 heavy (non-hydrogen) atoms. The Kier molecular flexibility index (Phi) is 5.25. The normalized spacial score (nSPS) is 16.4. The van der Waals surface area contributed by atoms with Crippen LogP contribution in [0.5, 0.6) is 0 Å². The lowest BCUT2D eigenvalue weighted by atomic mass is 9.95. The lowest BCUT2D eigenvalue weighted by Gasteiger charge is -2.25. The van der Waals surface area contributed by atoms with Gasteiger partial charge in [0.2, 0.25) is 5.91 Å². The highest BCUT2D eigenvalue weighted by Gasteiger charge is 2.24. The van der Waals surface area contributed by atoms with E-state index in [4.69, 9.17) is 0 Å². The Hall–Kier alpha value is -2.55. The van der Waals surface area contributed by atoms with Crippen molar-refractivity contribution in [1.29, 1.82) is 0 Å². The zero-order valence-corrected chi connectivity index (χ0v) is 16.8. The van der Waals surface area contributed by atoms with Crippen LogP contribution < -0.4 is 11.0 Å². The highest BCUT2D eigenvalue weighted by atomic mass is 32.2. The quantitative estimate of drug-likeness (QED) is 0.569. The van der Waals surface area contributed by atoms with Crippen LogP contribution in [0.1, 0.15) is 50.9 Å². The maximum atomic E-state index is 12.7. The number of aryl methyl sites for hydroxylation is 1. The first-order valence-electron chi connectivity index (χ1n) is 9.62. The average molecular weight is 401 g/mol. The third-order valence-corrected chi connectivity index (χ3v) is 6.27. The average Bonchev–Trinajstić information content (AvgIpc) is 3.23. The number of anilines is 1. The number of hydrogen-bond acceptors (Lipinski definition) is 5. The summed E-state index contributed by atoms with van der Waals surface area (Å²) in [6.07, 6.45) is 6.03. The fraction of sp³-hybridized carbons (Fsp3) is 0.474. The Labute approximate surface area is 166 Å². The molecule has 1 saturated carbocycles. The molecule has 3 aromatic rings. The molecular formula is C19H24N6O2S. The van der Waals surface area contributed by atoms with Crippen LogP contribution in [0.4, 0.5) is 5.69 Å². The van der Waals surface area contributed by atoms with Gasteiger partial charge >= 0.3 is 5.69 Å². The number of thioether (sulfide) groups is 1. The van der Waals surface area contributed by atoms with E-state index < -0.39 is 0 Å². The standard InChI is InChI=1S/C19H24N6O2S/c1-11(17(26)20-13-8-9-15-16(10-13)22-18(27)21-15)28-19-24-23-12(2)25(19)14-6-4-3-5-7-14/h8-11,14H,3-7H2,1-2H3,(H,20,26)(H2,21,22,27). The van der Waals surface area contributed by atoms with Crippen molar-refractivity contribution >= 4 is 34.4 Å². The predicted octanol–water partition coefficient (Wildman–Crippen LogP) is 3.38. The molecule has 1 aliphatic rings. The van der Waals surface area contributed by atoms with Crippen LogP contribution in [0.15, 0.2) is 28.2 Å². The molecule has 0 aliphatic heterocycles. The van der Waals surface area contributed by atoms with Gasteiger partial charge in [-0.2, -0.15) is 0 Å². The van der Waals surface area contributed by atoms with Gasteiger partial charge in [0.15, 0.2) is 5.16 Å². The molecule has 1 fully saturated rings. The summed E-state index contributed by atoms with van der Waals surface area (Å²) in [5.41, 5.74) is 1.75. The second-order valence-corrected chi connectivity index (χ2v) is 8.59. The van der Waals surface area contributed by atoms with E-state index in [9.17, 15) is 9.59 Å². The van der Waals surface area contributed by atoms with Crippen molar-refractivity contribution in [3.8, 4) is 0 Å². The van der Waals surface area contributed by atoms with Crippen LogP contribution in [-0.4, -0.2) is 35.9 Å². The largest absolute Gasteiger partial charge is 0.325 e. The van der Waals surface area contributed by atoms with Gasteiger partial charge in [0, 0.05) is 11.7 Å². The highest BCUT2D eigenvalue weighted by molar-refractivity contribution is 8.00. The third-order valence-electron chi connectivity index (χ3n) is 5.21. The molecule has 1 amide bonds. The SMILES string of the molecule is Cc1nnc(SC(C)C(=O)Nc2ccc3[nH]c(=O)[nH]c3c2)n1C1CCCCC1. The molecule has 0 saturated heterocycles. The number of amides is 1. The molecule has 9 heteroatoms. The molecule has 1 aliphatic carbocycles. The molecule has 148 valence electrons. The minimum Gasteiger partial charge on any atom is -0.325 e. The maximum Gasteiger partial charge on any atom is 0.323 e. The molecule has 2 aromatic heterocycles. The summed E-state index contributed by atoms with van der Waals surface area (Å²) >= 11 is 1.43. The van der Waals surface area contributed by atoms with Gasteiger partial charge in [-0.25, -0.2) is 4.79 Å². The molecule has 0 spiro atoms. The van der Waals surface area contributed by atoms with Crippen molar-refractivity contribution in [1.82, 2.24) is 24.7 Å². The van der Waals surface area contributed by atoms with Crippen LogP contribution in [0.25, 0.3) is 11.0 Å². The summed E-state index contributed by atoms with van der Waals surface area (Å²) in [5, 5.41) is 12.0. The van der Waals surface area contributed by atoms with E-state index >= 15 is 0 Å². The lowest BCUT2D eigenvalue weighted by molar-refractivity contribution is -0.115. The van der Waals surface area contributed by atoms with Gasteiger partial charge in [-0.3, -0.25) is 4.79 Å². The minimum absolute atomic E-state index is 0.113. The van der Waals surface area contributed by atoms with E-state index in [1.54, 1.807) is 18.2 Å². The number of carbonyl (C=O) groups is 1. The molecule has 1 unspecified atom stereocenters. The van der Waals surface area contributed by atoms with Crippen molar-refractivity contribution in [3.05, 3.63) is 34.5 Å². The molecule has 1 aromatic carbocycles. The second kappa shape index (κ2) is 7.83. The monoisotopic (exact) mass is 400 g/mol. The number of aromatic amines is 2. The van der Waals surface area contributed by atoms with Crippen LogP contribution in [-0.2, 0) is 4.79 Å².